The van der Waals surface area contributed by atoms with Crippen LogP contribution in [-0.2, 0) is 20.9 Å². The van der Waals surface area contributed by atoms with Crippen LogP contribution < -0.4 is 16.2 Å². The number of hydrogen-bond acceptors (Lipinski definition) is 4. The number of carbonyl (C=O) groups is 2. The minimum absolute atomic E-state index is 0.0703. The topological polar surface area (TPSA) is 89.4 Å². The molecule has 0 unspecified atom stereocenters. The number of aromatic nitrogens is 1. The summed E-state index contributed by atoms with van der Waals surface area (Å²) >= 11 is 0. The number of benzene rings is 1. The van der Waals surface area contributed by atoms with Gasteiger partial charge in [0, 0.05) is 44.8 Å². The Morgan fingerprint density at radius 2 is 1.84 bits per heavy atom. The van der Waals surface area contributed by atoms with E-state index in [0.717, 1.165) is 11.8 Å². The number of carbonyl (C=O) groups excluding carboxylic acids is 2. The van der Waals surface area contributed by atoms with Gasteiger partial charge in [-0.25, -0.2) is 0 Å². The number of methoxy groups -OCH3 is 1. The van der Waals surface area contributed by atoms with E-state index in [1.54, 1.807) is 31.5 Å². The quantitative estimate of drug-likeness (QED) is 0.654. The Morgan fingerprint density at radius 3 is 2.64 bits per heavy atom. The molecule has 0 spiro atoms. The smallest absolute Gasteiger partial charge is 0.258 e. The number of fused-ring (bicyclic) bond motifs is 1. The molecular formula is C18H23N3O4. The number of ether oxygens (including phenoxy) is 1. The molecule has 2 N–H and O–H groups in total. The molecule has 2 rings (SSSR count). The second-order valence-electron chi connectivity index (χ2n) is 5.63. The van der Waals surface area contributed by atoms with Gasteiger partial charge < -0.3 is 19.9 Å². The Kier molecular flexibility index (Phi) is 7.16. The highest BCUT2D eigenvalue weighted by molar-refractivity contribution is 5.82. The molecule has 7 nitrogen and oxygen atoms in total. The molecular weight excluding hydrogens is 322 g/mol. The van der Waals surface area contributed by atoms with Crippen molar-refractivity contribution in [3.05, 3.63) is 46.9 Å². The van der Waals surface area contributed by atoms with Crippen molar-refractivity contribution >= 4 is 22.6 Å². The van der Waals surface area contributed by atoms with Gasteiger partial charge in [-0.05, 0) is 23.9 Å². The lowest BCUT2D eigenvalue weighted by Gasteiger charge is -2.09. The van der Waals surface area contributed by atoms with E-state index in [-0.39, 0.29) is 36.9 Å². The Labute approximate surface area is 146 Å². The van der Waals surface area contributed by atoms with Crippen LogP contribution in [-0.4, -0.2) is 43.2 Å². The fourth-order valence-corrected chi connectivity index (χ4v) is 2.41. The van der Waals surface area contributed by atoms with Crippen molar-refractivity contribution in [2.75, 3.05) is 26.8 Å². The van der Waals surface area contributed by atoms with Gasteiger partial charge in [0.1, 0.15) is 6.54 Å². The molecule has 0 atom stereocenters. The summed E-state index contributed by atoms with van der Waals surface area (Å²) in [5.74, 6) is -0.427. The van der Waals surface area contributed by atoms with Crippen molar-refractivity contribution in [1.82, 2.24) is 15.2 Å². The number of rotatable bonds is 9. The Hall–Kier alpha value is -2.67. The van der Waals surface area contributed by atoms with Gasteiger partial charge in [0.2, 0.25) is 11.8 Å². The first-order valence-electron chi connectivity index (χ1n) is 8.22. The van der Waals surface area contributed by atoms with Crippen LogP contribution in [0.3, 0.4) is 0 Å². The zero-order valence-electron chi connectivity index (χ0n) is 14.3. The highest BCUT2D eigenvalue weighted by atomic mass is 16.5. The number of pyridine rings is 1. The average molecular weight is 345 g/mol. The third-order valence-corrected chi connectivity index (χ3v) is 3.72. The maximum atomic E-state index is 12.3. The summed E-state index contributed by atoms with van der Waals surface area (Å²) in [6.45, 7) is 1.31. The van der Waals surface area contributed by atoms with Crippen molar-refractivity contribution in [2.24, 2.45) is 0 Å². The highest BCUT2D eigenvalue weighted by Gasteiger charge is 2.07. The summed E-state index contributed by atoms with van der Waals surface area (Å²) in [5.41, 5.74) is -0.205. The number of nitrogens with one attached hydrogen (secondary N) is 2. The van der Waals surface area contributed by atoms with Crippen LogP contribution in [0, 0.1) is 0 Å². The zero-order chi connectivity index (χ0) is 18.1. The largest absolute Gasteiger partial charge is 0.385 e. The fraction of sp³-hybridized carbons (Fsp3) is 0.389. The van der Waals surface area contributed by atoms with E-state index in [2.05, 4.69) is 10.6 Å². The maximum Gasteiger partial charge on any atom is 0.258 e. The van der Waals surface area contributed by atoms with Crippen LogP contribution in [0.4, 0.5) is 0 Å². The molecule has 0 aliphatic rings. The number of nitrogens with zero attached hydrogens (tertiary/aromatic N) is 1. The van der Waals surface area contributed by atoms with Gasteiger partial charge in [0.05, 0.1) is 0 Å². The molecule has 7 heteroatoms. The van der Waals surface area contributed by atoms with E-state index >= 15 is 0 Å². The van der Waals surface area contributed by atoms with Crippen molar-refractivity contribution in [2.45, 2.75) is 19.4 Å². The first-order chi connectivity index (χ1) is 12.1. The monoisotopic (exact) mass is 345 g/mol. The lowest BCUT2D eigenvalue weighted by molar-refractivity contribution is -0.122. The van der Waals surface area contributed by atoms with Crippen molar-refractivity contribution in [1.29, 1.82) is 0 Å². The third-order valence-electron chi connectivity index (χ3n) is 3.72. The minimum Gasteiger partial charge on any atom is -0.385 e. The van der Waals surface area contributed by atoms with Crippen LogP contribution in [0.5, 0.6) is 0 Å². The van der Waals surface area contributed by atoms with Gasteiger partial charge >= 0.3 is 0 Å². The van der Waals surface area contributed by atoms with Crippen LogP contribution in [0.15, 0.2) is 41.3 Å². The lowest BCUT2D eigenvalue weighted by Crippen LogP contribution is -2.35. The molecule has 2 amide bonds. The summed E-state index contributed by atoms with van der Waals surface area (Å²) in [7, 11) is 1.61. The Balaban J connectivity index is 1.78. The molecule has 25 heavy (non-hydrogen) atoms. The molecule has 0 aliphatic heterocycles. The van der Waals surface area contributed by atoms with Gasteiger partial charge in [-0.1, -0.05) is 18.2 Å². The maximum absolute atomic E-state index is 12.3. The molecule has 1 heterocycles. The summed E-state index contributed by atoms with van der Waals surface area (Å²) in [5, 5.41) is 6.82. The molecule has 0 saturated heterocycles. The SMILES string of the molecule is COCCCNC(=O)CCNC(=O)Cn1ccc2ccccc2c1=O. The van der Waals surface area contributed by atoms with Gasteiger partial charge in [-0.15, -0.1) is 0 Å². The van der Waals surface area contributed by atoms with E-state index in [9.17, 15) is 14.4 Å². The molecule has 0 aliphatic carbocycles. The molecule has 1 aromatic carbocycles. The minimum atomic E-state index is -0.301. The van der Waals surface area contributed by atoms with E-state index in [0.29, 0.717) is 18.5 Å². The van der Waals surface area contributed by atoms with Crippen LogP contribution in [0.2, 0.25) is 0 Å². The lowest BCUT2D eigenvalue weighted by atomic mass is 10.2. The second-order valence-corrected chi connectivity index (χ2v) is 5.63. The first-order valence-corrected chi connectivity index (χ1v) is 8.22. The second kappa shape index (κ2) is 9.58. The van der Waals surface area contributed by atoms with Gasteiger partial charge in [-0.3, -0.25) is 14.4 Å². The van der Waals surface area contributed by atoms with Crippen molar-refractivity contribution < 1.29 is 14.3 Å². The summed E-state index contributed by atoms with van der Waals surface area (Å²) in [6.07, 6.45) is 2.55. The Morgan fingerprint density at radius 1 is 1.08 bits per heavy atom. The fourth-order valence-electron chi connectivity index (χ4n) is 2.41. The number of hydrogen-bond donors (Lipinski definition) is 2. The summed E-state index contributed by atoms with van der Waals surface area (Å²) in [4.78, 5) is 35.9. The first kappa shape index (κ1) is 18.7. The van der Waals surface area contributed by atoms with E-state index in [4.69, 9.17) is 4.74 Å². The summed E-state index contributed by atoms with van der Waals surface area (Å²) in [6, 6.07) is 9.04. The van der Waals surface area contributed by atoms with E-state index in [1.165, 1.54) is 4.57 Å². The van der Waals surface area contributed by atoms with E-state index < -0.39 is 0 Å². The van der Waals surface area contributed by atoms with Crippen molar-refractivity contribution in [3.8, 4) is 0 Å². The standard InChI is InChI=1S/C18H23N3O4/c1-25-12-4-9-19-16(22)7-10-20-17(23)13-21-11-8-14-5-2-3-6-15(14)18(21)24/h2-3,5-6,8,11H,4,7,9-10,12-13H2,1H3,(H,19,22)(H,20,23). The predicted molar refractivity (Wildman–Crippen MR) is 95.3 cm³/mol. The predicted octanol–water partition coefficient (Wildman–Crippen LogP) is 0.661. The van der Waals surface area contributed by atoms with Gasteiger partial charge in [0.15, 0.2) is 0 Å². The van der Waals surface area contributed by atoms with E-state index in [1.807, 2.05) is 12.1 Å². The van der Waals surface area contributed by atoms with Gasteiger partial charge in [0.25, 0.3) is 5.56 Å². The van der Waals surface area contributed by atoms with Gasteiger partial charge in [-0.2, -0.15) is 0 Å². The average Bonchev–Trinajstić information content (AvgIpc) is 2.61. The highest BCUT2D eigenvalue weighted by Crippen LogP contribution is 2.07. The zero-order valence-corrected chi connectivity index (χ0v) is 14.3. The molecule has 2 aromatic rings. The molecule has 0 radical (unpaired) electrons. The molecule has 134 valence electrons. The third kappa shape index (κ3) is 5.72. The van der Waals surface area contributed by atoms with Crippen molar-refractivity contribution in [3.63, 3.8) is 0 Å². The summed E-state index contributed by atoms with van der Waals surface area (Å²) < 4.78 is 6.26. The Bertz CT molecular complexity index is 785. The number of amides is 2. The molecule has 0 fully saturated rings. The normalized spacial score (nSPS) is 10.6. The molecule has 0 bridgehead atoms. The van der Waals surface area contributed by atoms with Crippen LogP contribution in [0.1, 0.15) is 12.8 Å². The van der Waals surface area contributed by atoms with Crippen LogP contribution in [0.25, 0.3) is 10.8 Å². The molecule has 1 aromatic heterocycles. The molecule has 0 saturated carbocycles. The van der Waals surface area contributed by atoms with Crippen LogP contribution >= 0.6 is 0 Å².